The third-order valence-electron chi connectivity index (χ3n) is 6.84. The van der Waals surface area contributed by atoms with Crippen molar-refractivity contribution in [1.29, 1.82) is 0 Å². The summed E-state index contributed by atoms with van der Waals surface area (Å²) >= 11 is 0. The zero-order valence-electron chi connectivity index (χ0n) is 22.4. The molecule has 8 heteroatoms. The van der Waals surface area contributed by atoms with Crippen molar-refractivity contribution >= 4 is 34.3 Å². The van der Waals surface area contributed by atoms with E-state index in [9.17, 15) is 14.4 Å². The van der Waals surface area contributed by atoms with Crippen LogP contribution in [0, 0.1) is 6.92 Å². The van der Waals surface area contributed by atoms with Gasteiger partial charge in [0.15, 0.2) is 5.78 Å². The summed E-state index contributed by atoms with van der Waals surface area (Å²) < 4.78 is 1.53. The van der Waals surface area contributed by atoms with Crippen LogP contribution in [0.2, 0.25) is 0 Å². The molecule has 38 heavy (non-hydrogen) atoms. The summed E-state index contributed by atoms with van der Waals surface area (Å²) in [7, 11) is 0. The van der Waals surface area contributed by atoms with Gasteiger partial charge in [-0.3, -0.25) is 19.3 Å². The fourth-order valence-electron chi connectivity index (χ4n) is 4.33. The van der Waals surface area contributed by atoms with Gasteiger partial charge >= 0.3 is 0 Å². The molecule has 0 unspecified atom stereocenters. The maximum absolute atomic E-state index is 14.2. The highest BCUT2D eigenvalue weighted by molar-refractivity contribution is 6.03. The number of benzene rings is 3. The number of nitrogens with zero attached hydrogens (tertiary/aromatic N) is 4. The number of carbonyl (C=O) groups is 3. The highest BCUT2D eigenvalue weighted by atomic mass is 16.2. The van der Waals surface area contributed by atoms with Crippen LogP contribution in [-0.2, 0) is 16.1 Å². The van der Waals surface area contributed by atoms with Crippen LogP contribution >= 0.6 is 0 Å². The quantitative estimate of drug-likeness (QED) is 0.318. The van der Waals surface area contributed by atoms with Gasteiger partial charge < -0.3 is 5.32 Å². The number of hydrogen-bond acceptors (Lipinski definition) is 5. The van der Waals surface area contributed by atoms with Gasteiger partial charge in [-0.2, -0.15) is 0 Å². The molecular formula is C30H33N5O3. The SMILES string of the molecule is CCC(C)(C)NC(=O)[C@@H](c1ccccc1C)N(C(=O)Cn1nnc2ccccc21)c1cccc(C(C)=O)c1. The standard InChI is InChI=1S/C30H33N5O3/c1-6-30(4,5)31-29(38)28(24-15-8-7-12-20(24)2)35(23-14-11-13-22(18-23)21(3)36)27(37)19-34-26-17-10-9-16-25(26)32-33-34/h7-18,28H,6,19H2,1-5H3,(H,31,38)/t28-/m1/s1. The first-order valence-corrected chi connectivity index (χ1v) is 12.7. The molecule has 2 amide bonds. The molecule has 0 bridgehead atoms. The zero-order valence-corrected chi connectivity index (χ0v) is 22.4. The molecule has 3 aromatic carbocycles. The van der Waals surface area contributed by atoms with Crippen LogP contribution in [0.3, 0.4) is 0 Å². The average Bonchev–Trinajstić information content (AvgIpc) is 3.30. The normalized spacial score (nSPS) is 12.2. The van der Waals surface area contributed by atoms with Crippen LogP contribution in [0.5, 0.6) is 0 Å². The monoisotopic (exact) mass is 511 g/mol. The Hall–Kier alpha value is -4.33. The fourth-order valence-corrected chi connectivity index (χ4v) is 4.33. The van der Waals surface area contributed by atoms with Gasteiger partial charge in [-0.05, 0) is 69.5 Å². The molecule has 1 atom stereocenters. The number of aromatic nitrogens is 3. The number of rotatable bonds is 9. The molecule has 0 aliphatic carbocycles. The number of carbonyl (C=O) groups excluding carboxylic acids is 3. The van der Waals surface area contributed by atoms with Crippen LogP contribution < -0.4 is 10.2 Å². The third kappa shape index (κ3) is 5.64. The predicted molar refractivity (Wildman–Crippen MR) is 148 cm³/mol. The maximum Gasteiger partial charge on any atom is 0.249 e. The van der Waals surface area contributed by atoms with Gasteiger partial charge in [-0.25, -0.2) is 4.68 Å². The Morgan fingerprint density at radius 3 is 2.42 bits per heavy atom. The lowest BCUT2D eigenvalue weighted by atomic mass is 9.95. The lowest BCUT2D eigenvalue weighted by molar-refractivity contribution is -0.128. The number of ketones is 1. The number of para-hydroxylation sites is 1. The summed E-state index contributed by atoms with van der Waals surface area (Å²) in [6.07, 6.45) is 0.706. The minimum absolute atomic E-state index is 0.134. The van der Waals surface area contributed by atoms with Crippen molar-refractivity contribution < 1.29 is 14.4 Å². The molecule has 4 aromatic rings. The van der Waals surface area contributed by atoms with Crippen LogP contribution in [-0.4, -0.2) is 38.1 Å². The molecule has 0 radical (unpaired) electrons. The van der Waals surface area contributed by atoms with E-state index in [4.69, 9.17) is 0 Å². The first kappa shape index (κ1) is 26.7. The van der Waals surface area contributed by atoms with Gasteiger partial charge in [0.05, 0.1) is 5.52 Å². The van der Waals surface area contributed by atoms with E-state index in [-0.39, 0.29) is 24.1 Å². The van der Waals surface area contributed by atoms with Gasteiger partial charge in [0.1, 0.15) is 18.1 Å². The molecule has 0 aliphatic rings. The summed E-state index contributed by atoms with van der Waals surface area (Å²) in [6, 6.07) is 20.8. The van der Waals surface area contributed by atoms with E-state index in [1.807, 2.05) is 76.2 Å². The molecule has 1 aromatic heterocycles. The first-order valence-electron chi connectivity index (χ1n) is 12.7. The van der Waals surface area contributed by atoms with Crippen molar-refractivity contribution in [1.82, 2.24) is 20.3 Å². The largest absolute Gasteiger partial charge is 0.349 e. The zero-order chi connectivity index (χ0) is 27.4. The van der Waals surface area contributed by atoms with E-state index in [1.54, 1.807) is 24.3 Å². The van der Waals surface area contributed by atoms with Crippen molar-refractivity contribution in [2.45, 2.75) is 59.2 Å². The topological polar surface area (TPSA) is 97.2 Å². The summed E-state index contributed by atoms with van der Waals surface area (Å²) in [6.45, 7) is 9.14. The molecule has 0 saturated carbocycles. The predicted octanol–water partition coefficient (Wildman–Crippen LogP) is 5.02. The van der Waals surface area contributed by atoms with Crippen molar-refractivity contribution in [3.05, 3.63) is 89.5 Å². The van der Waals surface area contributed by atoms with E-state index in [0.29, 0.717) is 34.3 Å². The van der Waals surface area contributed by atoms with Crippen LogP contribution in [0.25, 0.3) is 11.0 Å². The molecule has 0 saturated heterocycles. The van der Waals surface area contributed by atoms with Crippen molar-refractivity contribution in [2.75, 3.05) is 4.90 Å². The van der Waals surface area contributed by atoms with Crippen LogP contribution in [0.1, 0.15) is 61.6 Å². The maximum atomic E-state index is 14.2. The molecule has 0 aliphatic heterocycles. The molecule has 4 rings (SSSR count). The fraction of sp³-hybridized carbons (Fsp3) is 0.300. The summed E-state index contributed by atoms with van der Waals surface area (Å²) in [5.74, 6) is -0.805. The molecule has 1 heterocycles. The lowest BCUT2D eigenvalue weighted by Gasteiger charge is -2.35. The van der Waals surface area contributed by atoms with Crippen LogP contribution in [0.15, 0.2) is 72.8 Å². The summed E-state index contributed by atoms with van der Waals surface area (Å²) in [5, 5.41) is 11.5. The number of anilines is 1. The Bertz CT molecular complexity index is 1490. The van der Waals surface area contributed by atoms with E-state index in [1.165, 1.54) is 16.5 Å². The number of aryl methyl sites for hydroxylation is 1. The molecule has 196 valence electrons. The van der Waals surface area contributed by atoms with Crippen molar-refractivity contribution in [3.63, 3.8) is 0 Å². The Morgan fingerprint density at radius 2 is 1.71 bits per heavy atom. The number of amides is 2. The van der Waals surface area contributed by atoms with E-state index in [0.717, 1.165) is 5.56 Å². The molecule has 1 N–H and O–H groups in total. The second-order valence-electron chi connectivity index (χ2n) is 10.1. The van der Waals surface area contributed by atoms with Crippen molar-refractivity contribution in [3.8, 4) is 0 Å². The van der Waals surface area contributed by atoms with Gasteiger partial charge in [0, 0.05) is 16.8 Å². The second-order valence-corrected chi connectivity index (χ2v) is 10.1. The molecular weight excluding hydrogens is 478 g/mol. The minimum Gasteiger partial charge on any atom is -0.349 e. The number of Topliss-reactive ketones (excluding diaryl/α,β-unsaturated/α-hetero) is 1. The van der Waals surface area contributed by atoms with Gasteiger partial charge in [-0.1, -0.05) is 60.7 Å². The van der Waals surface area contributed by atoms with Crippen LogP contribution in [0.4, 0.5) is 5.69 Å². The van der Waals surface area contributed by atoms with Gasteiger partial charge in [0.2, 0.25) is 11.8 Å². The second kappa shape index (κ2) is 11.0. The number of hydrogen-bond donors (Lipinski definition) is 1. The Morgan fingerprint density at radius 1 is 1.00 bits per heavy atom. The number of nitrogens with one attached hydrogen (secondary N) is 1. The summed E-state index contributed by atoms with van der Waals surface area (Å²) in [4.78, 5) is 41.9. The molecule has 0 spiro atoms. The highest BCUT2D eigenvalue weighted by Crippen LogP contribution is 2.32. The lowest BCUT2D eigenvalue weighted by Crippen LogP contribution is -2.51. The highest BCUT2D eigenvalue weighted by Gasteiger charge is 2.36. The molecule has 0 fully saturated rings. The third-order valence-corrected chi connectivity index (χ3v) is 6.84. The Balaban J connectivity index is 1.88. The molecule has 8 nitrogen and oxygen atoms in total. The average molecular weight is 512 g/mol. The number of fused-ring (bicyclic) bond motifs is 1. The first-order chi connectivity index (χ1) is 18.1. The summed E-state index contributed by atoms with van der Waals surface area (Å²) in [5.41, 5.74) is 3.35. The van der Waals surface area contributed by atoms with Gasteiger partial charge in [-0.15, -0.1) is 5.10 Å². The Labute approximate surface area is 222 Å². The van der Waals surface area contributed by atoms with E-state index >= 15 is 0 Å². The minimum atomic E-state index is -0.980. The van der Waals surface area contributed by atoms with Gasteiger partial charge in [0.25, 0.3) is 0 Å². The van der Waals surface area contributed by atoms with Crippen molar-refractivity contribution in [2.24, 2.45) is 0 Å². The van der Waals surface area contributed by atoms with E-state index < -0.39 is 11.6 Å². The Kier molecular flexibility index (Phi) is 7.71. The van der Waals surface area contributed by atoms with E-state index in [2.05, 4.69) is 15.6 Å². The smallest absolute Gasteiger partial charge is 0.249 e.